The van der Waals surface area contributed by atoms with Crippen molar-refractivity contribution in [3.63, 3.8) is 0 Å². The van der Waals surface area contributed by atoms with Gasteiger partial charge in [0.1, 0.15) is 5.76 Å². The normalized spacial score (nSPS) is 17.7. The molecule has 134 valence electrons. The van der Waals surface area contributed by atoms with Crippen LogP contribution in [0.3, 0.4) is 0 Å². The molecule has 0 unspecified atom stereocenters. The maximum Gasteiger partial charge on any atom is 0.226 e. The molecule has 2 aromatic rings. The van der Waals surface area contributed by atoms with Gasteiger partial charge >= 0.3 is 0 Å². The van der Waals surface area contributed by atoms with Gasteiger partial charge in [-0.25, -0.2) is 4.98 Å². The van der Waals surface area contributed by atoms with E-state index in [1.807, 2.05) is 30.9 Å². The Morgan fingerprint density at radius 3 is 2.84 bits per heavy atom. The van der Waals surface area contributed by atoms with Gasteiger partial charge in [0.05, 0.1) is 5.69 Å². The van der Waals surface area contributed by atoms with Gasteiger partial charge in [0.25, 0.3) is 0 Å². The van der Waals surface area contributed by atoms with Crippen molar-refractivity contribution < 1.29 is 9.21 Å². The molecule has 0 radical (unpaired) electrons. The molecule has 1 aromatic carbocycles. The van der Waals surface area contributed by atoms with Gasteiger partial charge in [-0.3, -0.25) is 4.79 Å². The first kappa shape index (κ1) is 17.7. The summed E-state index contributed by atoms with van der Waals surface area (Å²) in [6, 6.07) is 8.19. The number of benzene rings is 1. The first-order valence-corrected chi connectivity index (χ1v) is 8.96. The van der Waals surface area contributed by atoms with Gasteiger partial charge in [-0.2, -0.15) is 0 Å². The smallest absolute Gasteiger partial charge is 0.226 e. The zero-order valence-corrected chi connectivity index (χ0v) is 15.6. The Hall–Kier alpha value is -2.14. The maximum atomic E-state index is 11.9. The van der Waals surface area contributed by atoms with Crippen LogP contribution in [-0.4, -0.2) is 47.4 Å². The highest BCUT2D eigenvalue weighted by Gasteiger charge is 2.29. The van der Waals surface area contributed by atoms with Crippen molar-refractivity contribution in [1.29, 1.82) is 0 Å². The number of rotatable bonds is 6. The molecule has 1 aliphatic heterocycles. The highest BCUT2D eigenvalue weighted by atomic mass is 16.4. The molecule has 0 N–H and O–H groups in total. The minimum absolute atomic E-state index is 0.278. The molecule has 3 rings (SSSR count). The fourth-order valence-electron chi connectivity index (χ4n) is 3.52. The quantitative estimate of drug-likeness (QED) is 0.809. The predicted octanol–water partition coefficient (Wildman–Crippen LogP) is 3.26. The summed E-state index contributed by atoms with van der Waals surface area (Å²) < 4.78 is 5.88. The van der Waals surface area contributed by atoms with Crippen LogP contribution in [0.5, 0.6) is 0 Å². The van der Waals surface area contributed by atoms with Crippen molar-refractivity contribution >= 4 is 5.91 Å². The highest BCUT2D eigenvalue weighted by molar-refractivity contribution is 5.78. The Kier molecular flexibility index (Phi) is 5.23. The van der Waals surface area contributed by atoms with E-state index in [-0.39, 0.29) is 5.91 Å². The second-order valence-electron chi connectivity index (χ2n) is 7.09. The molecule has 1 saturated heterocycles. The number of aryl methyl sites for hydroxylation is 2. The second kappa shape index (κ2) is 7.40. The van der Waals surface area contributed by atoms with Gasteiger partial charge in [0.15, 0.2) is 0 Å². The van der Waals surface area contributed by atoms with Gasteiger partial charge < -0.3 is 14.2 Å². The van der Waals surface area contributed by atoms with Gasteiger partial charge in [0.2, 0.25) is 11.8 Å². The van der Waals surface area contributed by atoms with Crippen LogP contribution in [0.1, 0.15) is 30.4 Å². The van der Waals surface area contributed by atoms with Crippen molar-refractivity contribution in [2.24, 2.45) is 5.92 Å². The van der Waals surface area contributed by atoms with Crippen molar-refractivity contribution in [1.82, 2.24) is 14.8 Å². The van der Waals surface area contributed by atoms with Gasteiger partial charge in [-0.15, -0.1) is 0 Å². The van der Waals surface area contributed by atoms with Crippen LogP contribution >= 0.6 is 0 Å². The lowest BCUT2D eigenvalue weighted by atomic mass is 10.1. The summed E-state index contributed by atoms with van der Waals surface area (Å²) in [6.45, 7) is 9.37. The van der Waals surface area contributed by atoms with E-state index in [9.17, 15) is 4.79 Å². The van der Waals surface area contributed by atoms with Crippen LogP contribution in [-0.2, 0) is 11.3 Å². The second-order valence-corrected chi connectivity index (χ2v) is 7.09. The number of amides is 1. The topological polar surface area (TPSA) is 49.6 Å². The zero-order valence-electron chi connectivity index (χ0n) is 15.6. The predicted molar refractivity (Wildman–Crippen MR) is 98.1 cm³/mol. The Morgan fingerprint density at radius 1 is 1.36 bits per heavy atom. The summed E-state index contributed by atoms with van der Waals surface area (Å²) in [5, 5.41) is 0. The molecule has 1 atom stereocenters. The van der Waals surface area contributed by atoms with E-state index in [2.05, 4.69) is 31.0 Å². The molecule has 0 saturated carbocycles. The molecule has 5 nitrogen and oxygen atoms in total. The molecule has 0 aliphatic carbocycles. The summed E-state index contributed by atoms with van der Waals surface area (Å²) >= 11 is 0. The van der Waals surface area contributed by atoms with Gasteiger partial charge in [0, 0.05) is 38.2 Å². The molecule has 2 heterocycles. The monoisotopic (exact) mass is 341 g/mol. The number of likely N-dealkylation sites (tertiary alicyclic amines) is 1. The number of carbonyl (C=O) groups is 1. The Balaban J connectivity index is 1.64. The Bertz CT molecular complexity index is 753. The van der Waals surface area contributed by atoms with Gasteiger partial charge in [-0.1, -0.05) is 17.7 Å². The summed E-state index contributed by atoms with van der Waals surface area (Å²) in [5.74, 6) is 2.22. The summed E-state index contributed by atoms with van der Waals surface area (Å²) in [7, 11) is 2.08. The Morgan fingerprint density at radius 2 is 2.16 bits per heavy atom. The fourth-order valence-corrected chi connectivity index (χ4v) is 3.52. The standard InChI is InChI=1S/C20H27N3O2/c1-5-23-12-16(10-19(23)24)11-22(4)13-18-15(3)25-20(21-18)17-8-6-7-14(2)9-17/h6-9,16H,5,10-13H2,1-4H3/t16-/m1/s1. The van der Waals surface area contributed by atoms with Crippen LogP contribution < -0.4 is 0 Å². The minimum atomic E-state index is 0.278. The molecule has 1 fully saturated rings. The van der Waals surface area contributed by atoms with Crippen LogP contribution in [0.15, 0.2) is 28.7 Å². The fraction of sp³-hybridized carbons (Fsp3) is 0.500. The average Bonchev–Trinajstić information content (AvgIpc) is 3.10. The molecule has 1 aliphatic rings. The van der Waals surface area contributed by atoms with Gasteiger partial charge in [-0.05, 0) is 45.9 Å². The van der Waals surface area contributed by atoms with E-state index in [1.54, 1.807) is 0 Å². The molecule has 0 spiro atoms. The van der Waals surface area contributed by atoms with Crippen molar-refractivity contribution in [3.8, 4) is 11.5 Å². The van der Waals surface area contributed by atoms with E-state index in [4.69, 9.17) is 9.40 Å². The third kappa shape index (κ3) is 4.10. The van der Waals surface area contributed by atoms with Crippen molar-refractivity contribution in [2.45, 2.75) is 33.7 Å². The summed E-state index contributed by atoms with van der Waals surface area (Å²) in [4.78, 5) is 20.8. The third-order valence-electron chi connectivity index (χ3n) is 4.82. The lowest BCUT2D eigenvalue weighted by Crippen LogP contribution is -2.28. The van der Waals surface area contributed by atoms with Crippen LogP contribution in [0.25, 0.3) is 11.5 Å². The SMILES string of the molecule is CCN1C[C@@H](CN(C)Cc2nc(-c3cccc(C)c3)oc2C)CC1=O. The van der Waals surface area contributed by atoms with E-state index in [0.717, 1.165) is 43.2 Å². The lowest BCUT2D eigenvalue weighted by molar-refractivity contribution is -0.127. The average molecular weight is 341 g/mol. The van der Waals surface area contributed by atoms with Crippen LogP contribution in [0.2, 0.25) is 0 Å². The molecule has 25 heavy (non-hydrogen) atoms. The van der Waals surface area contributed by atoms with Crippen LogP contribution in [0.4, 0.5) is 0 Å². The molecular weight excluding hydrogens is 314 g/mol. The van der Waals surface area contributed by atoms with Crippen molar-refractivity contribution in [3.05, 3.63) is 41.3 Å². The lowest BCUT2D eigenvalue weighted by Gasteiger charge is -2.20. The van der Waals surface area contributed by atoms with E-state index >= 15 is 0 Å². The Labute approximate surface area is 149 Å². The molecule has 0 bridgehead atoms. The van der Waals surface area contributed by atoms with E-state index in [1.165, 1.54) is 5.56 Å². The van der Waals surface area contributed by atoms with Crippen molar-refractivity contribution in [2.75, 3.05) is 26.7 Å². The first-order valence-electron chi connectivity index (χ1n) is 8.96. The molecule has 1 amide bonds. The number of carbonyl (C=O) groups excluding carboxylic acids is 1. The number of aromatic nitrogens is 1. The summed E-state index contributed by atoms with van der Waals surface area (Å²) in [6.07, 6.45) is 0.657. The number of nitrogens with zero attached hydrogens (tertiary/aromatic N) is 3. The van der Waals surface area contributed by atoms with E-state index < -0.39 is 0 Å². The molecule has 1 aromatic heterocycles. The number of hydrogen-bond acceptors (Lipinski definition) is 4. The van der Waals surface area contributed by atoms with Crippen LogP contribution in [0, 0.1) is 19.8 Å². The van der Waals surface area contributed by atoms with E-state index in [0.29, 0.717) is 18.2 Å². The largest absolute Gasteiger partial charge is 0.441 e. The minimum Gasteiger partial charge on any atom is -0.441 e. The first-order chi connectivity index (χ1) is 12.0. The number of oxazole rings is 1. The molecular formula is C20H27N3O2. The molecule has 5 heteroatoms. The maximum absolute atomic E-state index is 11.9. The summed E-state index contributed by atoms with van der Waals surface area (Å²) in [5.41, 5.74) is 3.17. The zero-order chi connectivity index (χ0) is 18.0. The highest BCUT2D eigenvalue weighted by Crippen LogP contribution is 2.24. The third-order valence-corrected chi connectivity index (χ3v) is 4.82. The number of hydrogen-bond donors (Lipinski definition) is 0.